The van der Waals surface area contributed by atoms with E-state index in [4.69, 9.17) is 0 Å². The van der Waals surface area contributed by atoms with Crippen LogP contribution in [-0.4, -0.2) is 86.2 Å². The van der Waals surface area contributed by atoms with Crippen molar-refractivity contribution in [3.8, 4) is 0 Å². The van der Waals surface area contributed by atoms with Crippen LogP contribution in [0.25, 0.3) is 0 Å². The summed E-state index contributed by atoms with van der Waals surface area (Å²) in [4.78, 5) is 7.69. The minimum Gasteiger partial charge on any atom is -0.314 e. The van der Waals surface area contributed by atoms with Crippen LogP contribution in [-0.2, 0) is 0 Å². The number of hydrogen-bond acceptors (Lipinski definition) is 4. The normalized spacial score (nSPS) is 20.4. The van der Waals surface area contributed by atoms with Gasteiger partial charge < -0.3 is 15.1 Å². The number of hydrogen-bond donors (Lipinski definition) is 1. The smallest absolute Gasteiger partial charge is 0.0235 e. The SMILES string of the molecule is CCN(CC)CCNCCN1CCC(N(CC)CC)C1. The van der Waals surface area contributed by atoms with Gasteiger partial charge in [-0.15, -0.1) is 0 Å². The summed E-state index contributed by atoms with van der Waals surface area (Å²) in [7, 11) is 0. The highest BCUT2D eigenvalue weighted by Gasteiger charge is 2.25. The molecule has 1 N–H and O–H groups in total. The predicted molar refractivity (Wildman–Crippen MR) is 88.4 cm³/mol. The second kappa shape index (κ2) is 10.6. The molecule has 120 valence electrons. The van der Waals surface area contributed by atoms with Gasteiger partial charge in [0.2, 0.25) is 0 Å². The van der Waals surface area contributed by atoms with Crippen molar-refractivity contribution in [3.63, 3.8) is 0 Å². The standard InChI is InChI=1S/C16H36N4/c1-5-18(6-2)13-10-17-11-14-19-12-9-16(15-19)20(7-3)8-4/h16-17H,5-15H2,1-4H3. The zero-order valence-corrected chi connectivity index (χ0v) is 14.2. The van der Waals surface area contributed by atoms with Gasteiger partial charge in [-0.3, -0.25) is 4.90 Å². The second-order valence-corrected chi connectivity index (χ2v) is 5.74. The van der Waals surface area contributed by atoms with Crippen molar-refractivity contribution >= 4 is 0 Å². The van der Waals surface area contributed by atoms with E-state index in [1.807, 2.05) is 0 Å². The van der Waals surface area contributed by atoms with Crippen molar-refractivity contribution in [2.45, 2.75) is 40.2 Å². The molecule has 1 aliphatic rings. The van der Waals surface area contributed by atoms with Crippen LogP contribution in [0, 0.1) is 0 Å². The molecule has 0 aromatic heterocycles. The lowest BCUT2D eigenvalue weighted by molar-refractivity contribution is 0.210. The molecule has 4 heteroatoms. The Morgan fingerprint density at radius 2 is 1.70 bits per heavy atom. The van der Waals surface area contributed by atoms with Crippen molar-refractivity contribution in [1.82, 2.24) is 20.0 Å². The van der Waals surface area contributed by atoms with Crippen molar-refractivity contribution in [2.75, 3.05) is 65.4 Å². The van der Waals surface area contributed by atoms with Crippen molar-refractivity contribution in [3.05, 3.63) is 0 Å². The van der Waals surface area contributed by atoms with E-state index in [-0.39, 0.29) is 0 Å². The molecule has 0 spiro atoms. The maximum Gasteiger partial charge on any atom is 0.0235 e. The minimum atomic E-state index is 0.792. The van der Waals surface area contributed by atoms with E-state index in [2.05, 4.69) is 47.7 Å². The molecule has 4 nitrogen and oxygen atoms in total. The largest absolute Gasteiger partial charge is 0.314 e. The minimum absolute atomic E-state index is 0.792. The van der Waals surface area contributed by atoms with Gasteiger partial charge in [0.15, 0.2) is 0 Å². The maximum atomic E-state index is 3.59. The van der Waals surface area contributed by atoms with Crippen LogP contribution in [0.3, 0.4) is 0 Å². The zero-order valence-electron chi connectivity index (χ0n) is 14.2. The highest BCUT2D eigenvalue weighted by Crippen LogP contribution is 2.14. The van der Waals surface area contributed by atoms with E-state index < -0.39 is 0 Å². The first-order chi connectivity index (χ1) is 9.74. The molecular formula is C16H36N4. The number of likely N-dealkylation sites (N-methyl/N-ethyl adjacent to an activating group) is 2. The first-order valence-electron chi connectivity index (χ1n) is 8.64. The summed E-state index contributed by atoms with van der Waals surface area (Å²) in [6.07, 6.45) is 1.35. The third kappa shape index (κ3) is 6.08. The van der Waals surface area contributed by atoms with E-state index in [1.165, 1.54) is 45.7 Å². The van der Waals surface area contributed by atoms with E-state index >= 15 is 0 Å². The molecule has 0 bridgehead atoms. The molecule has 0 radical (unpaired) electrons. The molecule has 0 aromatic carbocycles. The van der Waals surface area contributed by atoms with Crippen LogP contribution in [0.1, 0.15) is 34.1 Å². The highest BCUT2D eigenvalue weighted by atomic mass is 15.3. The molecule has 1 aliphatic heterocycles. The average molecular weight is 284 g/mol. The second-order valence-electron chi connectivity index (χ2n) is 5.74. The van der Waals surface area contributed by atoms with Gasteiger partial charge in [-0.05, 0) is 39.1 Å². The Kier molecular flexibility index (Phi) is 9.44. The number of nitrogens with zero attached hydrogens (tertiary/aromatic N) is 3. The third-order valence-electron chi connectivity index (χ3n) is 4.68. The summed E-state index contributed by atoms with van der Waals surface area (Å²) in [6.45, 7) is 20.9. The first-order valence-corrected chi connectivity index (χ1v) is 8.64. The Hall–Kier alpha value is -0.160. The molecule has 0 aromatic rings. The molecule has 0 aliphatic carbocycles. The topological polar surface area (TPSA) is 21.8 Å². The summed E-state index contributed by atoms with van der Waals surface area (Å²) >= 11 is 0. The summed E-state index contributed by atoms with van der Waals surface area (Å²) in [6, 6.07) is 0.792. The fraction of sp³-hybridized carbons (Fsp3) is 1.00. The molecule has 1 fully saturated rings. The van der Waals surface area contributed by atoms with Gasteiger partial charge in [-0.25, -0.2) is 0 Å². The number of rotatable bonds is 11. The lowest BCUT2D eigenvalue weighted by Gasteiger charge is -2.26. The molecule has 1 rings (SSSR count). The van der Waals surface area contributed by atoms with E-state index in [1.54, 1.807) is 0 Å². The predicted octanol–water partition coefficient (Wildman–Crippen LogP) is 1.33. The van der Waals surface area contributed by atoms with Gasteiger partial charge in [0.05, 0.1) is 0 Å². The number of likely N-dealkylation sites (tertiary alicyclic amines) is 1. The average Bonchev–Trinajstić information content (AvgIpc) is 2.93. The summed E-state index contributed by atoms with van der Waals surface area (Å²) in [5.74, 6) is 0. The lowest BCUT2D eigenvalue weighted by Crippen LogP contribution is -2.39. The number of nitrogens with one attached hydrogen (secondary N) is 1. The lowest BCUT2D eigenvalue weighted by atomic mass is 10.2. The van der Waals surface area contributed by atoms with Crippen LogP contribution in [0.5, 0.6) is 0 Å². The fourth-order valence-corrected chi connectivity index (χ4v) is 3.19. The van der Waals surface area contributed by atoms with Gasteiger partial charge in [-0.2, -0.15) is 0 Å². The van der Waals surface area contributed by atoms with Crippen molar-refractivity contribution in [1.29, 1.82) is 0 Å². The van der Waals surface area contributed by atoms with E-state index in [9.17, 15) is 0 Å². The van der Waals surface area contributed by atoms with Gasteiger partial charge in [0.1, 0.15) is 0 Å². The molecular weight excluding hydrogens is 248 g/mol. The molecule has 1 saturated heterocycles. The first kappa shape index (κ1) is 17.9. The Labute approximate surface area is 126 Å². The molecule has 1 heterocycles. The quantitative estimate of drug-likeness (QED) is 0.578. The molecule has 0 saturated carbocycles. The Morgan fingerprint density at radius 3 is 2.30 bits per heavy atom. The van der Waals surface area contributed by atoms with E-state index in [0.29, 0.717) is 0 Å². The summed E-state index contributed by atoms with van der Waals surface area (Å²) in [5, 5.41) is 3.59. The van der Waals surface area contributed by atoms with Crippen LogP contribution in [0.4, 0.5) is 0 Å². The van der Waals surface area contributed by atoms with Crippen LogP contribution >= 0.6 is 0 Å². The van der Waals surface area contributed by atoms with Gasteiger partial charge in [0, 0.05) is 38.8 Å². The van der Waals surface area contributed by atoms with Gasteiger partial charge >= 0.3 is 0 Å². The summed E-state index contributed by atoms with van der Waals surface area (Å²) in [5.41, 5.74) is 0. The van der Waals surface area contributed by atoms with Crippen molar-refractivity contribution < 1.29 is 0 Å². The monoisotopic (exact) mass is 284 g/mol. The highest BCUT2D eigenvalue weighted by molar-refractivity contribution is 4.82. The van der Waals surface area contributed by atoms with Crippen LogP contribution < -0.4 is 5.32 Å². The molecule has 0 amide bonds. The Morgan fingerprint density at radius 1 is 1.00 bits per heavy atom. The Bertz CT molecular complexity index is 227. The zero-order chi connectivity index (χ0) is 14.8. The van der Waals surface area contributed by atoms with E-state index in [0.717, 1.165) is 32.2 Å². The Balaban J connectivity index is 2.06. The fourth-order valence-electron chi connectivity index (χ4n) is 3.19. The molecule has 1 atom stereocenters. The molecule has 1 unspecified atom stereocenters. The third-order valence-corrected chi connectivity index (χ3v) is 4.68. The maximum absolute atomic E-state index is 3.59. The van der Waals surface area contributed by atoms with Crippen LogP contribution in [0.15, 0.2) is 0 Å². The van der Waals surface area contributed by atoms with Gasteiger partial charge in [-0.1, -0.05) is 27.7 Å². The summed E-state index contributed by atoms with van der Waals surface area (Å²) < 4.78 is 0. The van der Waals surface area contributed by atoms with Gasteiger partial charge in [0.25, 0.3) is 0 Å². The molecule has 20 heavy (non-hydrogen) atoms. The van der Waals surface area contributed by atoms with Crippen molar-refractivity contribution in [2.24, 2.45) is 0 Å². The van der Waals surface area contributed by atoms with Crippen LogP contribution in [0.2, 0.25) is 0 Å².